The van der Waals surface area contributed by atoms with Crippen LogP contribution in [-0.2, 0) is 14.3 Å². The second kappa shape index (κ2) is 4.17. The van der Waals surface area contributed by atoms with E-state index < -0.39 is 5.92 Å². The van der Waals surface area contributed by atoms with Gasteiger partial charge in [-0.3, -0.25) is 0 Å². The summed E-state index contributed by atoms with van der Waals surface area (Å²) in [6, 6.07) is 7.42. The van der Waals surface area contributed by atoms with Crippen LogP contribution >= 0.6 is 0 Å². The van der Waals surface area contributed by atoms with Crippen molar-refractivity contribution in [3.8, 4) is 0 Å². The number of rotatable bonds is 2. The molecule has 1 atom stereocenters. The van der Waals surface area contributed by atoms with Gasteiger partial charge in [0.15, 0.2) is 0 Å². The van der Waals surface area contributed by atoms with Gasteiger partial charge in [-0.25, -0.2) is 4.79 Å². The Morgan fingerprint density at radius 2 is 2.12 bits per heavy atom. The highest BCUT2D eigenvalue weighted by atomic mass is 16.5. The summed E-state index contributed by atoms with van der Waals surface area (Å²) in [5, 5.41) is 0. The van der Waals surface area contributed by atoms with Gasteiger partial charge in [0.1, 0.15) is 18.0 Å². The molecule has 1 aromatic rings. The van der Waals surface area contributed by atoms with Crippen molar-refractivity contribution in [1.82, 2.24) is 0 Å². The average Bonchev–Trinajstić information content (AvgIpc) is 2.36. The third kappa shape index (κ3) is 1.47. The zero-order chi connectivity index (χ0) is 11.5. The Bertz CT molecular complexity index is 508. The van der Waals surface area contributed by atoms with Crippen LogP contribution in [0.25, 0.3) is 6.08 Å². The van der Waals surface area contributed by atoms with Crippen molar-refractivity contribution in [1.29, 1.82) is 0 Å². The molecule has 3 heteroatoms. The zero-order valence-corrected chi connectivity index (χ0v) is 8.77. The van der Waals surface area contributed by atoms with E-state index in [1.165, 1.54) is 7.11 Å². The number of aldehydes is 1. The normalized spacial score (nSPS) is 18.2. The van der Waals surface area contributed by atoms with E-state index in [-0.39, 0.29) is 5.57 Å². The van der Waals surface area contributed by atoms with Gasteiger partial charge in [0.25, 0.3) is 0 Å². The Hall–Kier alpha value is -2.12. The lowest BCUT2D eigenvalue weighted by Gasteiger charge is -2.21. The molecule has 0 aliphatic heterocycles. The minimum atomic E-state index is -0.575. The first-order valence-corrected chi connectivity index (χ1v) is 4.87. The maximum Gasteiger partial charge on any atom is 0.134 e. The van der Waals surface area contributed by atoms with Crippen LogP contribution in [0.3, 0.4) is 0 Å². The summed E-state index contributed by atoms with van der Waals surface area (Å²) in [6.45, 7) is 0. The van der Waals surface area contributed by atoms with E-state index in [0.29, 0.717) is 5.76 Å². The number of allylic oxidation sites excluding steroid dienone is 1. The summed E-state index contributed by atoms with van der Waals surface area (Å²) >= 11 is 0. The standard InChI is InChI=1S/C13H10O3/c1-16-13-6-9-4-2-3-5-10(9)11(7-14)12(13)8-15/h2-7,11H,1H3. The third-order valence-corrected chi connectivity index (χ3v) is 2.66. The number of ether oxygens (including phenoxy) is 1. The van der Waals surface area contributed by atoms with Crippen molar-refractivity contribution in [2.75, 3.05) is 7.11 Å². The molecule has 2 rings (SSSR count). The first-order valence-electron chi connectivity index (χ1n) is 4.87. The van der Waals surface area contributed by atoms with Crippen LogP contribution in [0.4, 0.5) is 0 Å². The van der Waals surface area contributed by atoms with E-state index in [4.69, 9.17) is 4.74 Å². The van der Waals surface area contributed by atoms with E-state index in [9.17, 15) is 9.59 Å². The van der Waals surface area contributed by atoms with Crippen molar-refractivity contribution in [2.24, 2.45) is 0 Å². The van der Waals surface area contributed by atoms with Crippen molar-refractivity contribution in [3.05, 3.63) is 46.7 Å². The molecule has 80 valence electrons. The van der Waals surface area contributed by atoms with Gasteiger partial charge in [0.05, 0.1) is 18.6 Å². The van der Waals surface area contributed by atoms with Gasteiger partial charge in [-0.1, -0.05) is 24.3 Å². The molecule has 0 bridgehead atoms. The predicted molar refractivity (Wildman–Crippen MR) is 59.4 cm³/mol. The van der Waals surface area contributed by atoms with Crippen molar-refractivity contribution >= 4 is 18.3 Å². The summed E-state index contributed by atoms with van der Waals surface area (Å²) in [6.07, 6.45) is 2.49. The number of benzene rings is 1. The smallest absolute Gasteiger partial charge is 0.134 e. The summed E-state index contributed by atoms with van der Waals surface area (Å²) in [5.41, 5.74) is 1.98. The quantitative estimate of drug-likeness (QED) is 0.556. The fourth-order valence-electron chi connectivity index (χ4n) is 1.88. The fourth-order valence-corrected chi connectivity index (χ4v) is 1.88. The molecule has 16 heavy (non-hydrogen) atoms. The molecule has 0 saturated carbocycles. The van der Waals surface area contributed by atoms with Crippen LogP contribution in [-0.4, -0.2) is 19.3 Å². The molecule has 0 radical (unpaired) electrons. The SMILES string of the molecule is COC1=Cc2ccccc2C(C=O)C1=C=O. The minimum absolute atomic E-state index is 0.260. The average molecular weight is 214 g/mol. The van der Waals surface area contributed by atoms with E-state index in [1.807, 2.05) is 24.3 Å². The monoisotopic (exact) mass is 214 g/mol. The molecule has 0 heterocycles. The van der Waals surface area contributed by atoms with Gasteiger partial charge in [0.2, 0.25) is 0 Å². The Morgan fingerprint density at radius 1 is 1.38 bits per heavy atom. The number of methoxy groups -OCH3 is 1. The van der Waals surface area contributed by atoms with Crippen LogP contribution in [0.15, 0.2) is 35.6 Å². The van der Waals surface area contributed by atoms with Gasteiger partial charge in [0, 0.05) is 0 Å². The predicted octanol–water partition coefficient (Wildman–Crippen LogP) is 1.73. The highest BCUT2D eigenvalue weighted by Gasteiger charge is 2.27. The summed E-state index contributed by atoms with van der Waals surface area (Å²) in [5.74, 6) is 1.62. The van der Waals surface area contributed by atoms with Crippen molar-refractivity contribution in [3.63, 3.8) is 0 Å². The summed E-state index contributed by atoms with van der Waals surface area (Å²) in [7, 11) is 1.47. The molecule has 1 aliphatic carbocycles. The van der Waals surface area contributed by atoms with Gasteiger partial charge >= 0.3 is 0 Å². The largest absolute Gasteiger partial charge is 0.496 e. The van der Waals surface area contributed by atoms with Gasteiger partial charge in [-0.15, -0.1) is 0 Å². The topological polar surface area (TPSA) is 43.4 Å². The van der Waals surface area contributed by atoms with Crippen LogP contribution in [0.1, 0.15) is 17.0 Å². The molecule has 0 amide bonds. The maximum absolute atomic E-state index is 11.1. The number of carbonyl (C=O) groups excluding carboxylic acids is 2. The van der Waals surface area contributed by atoms with Gasteiger partial charge in [-0.05, 0) is 17.2 Å². The molecule has 0 spiro atoms. The lowest BCUT2D eigenvalue weighted by Crippen LogP contribution is -2.13. The minimum Gasteiger partial charge on any atom is -0.496 e. The lowest BCUT2D eigenvalue weighted by atomic mass is 9.84. The molecule has 0 N–H and O–H groups in total. The molecule has 3 nitrogen and oxygen atoms in total. The van der Waals surface area contributed by atoms with Gasteiger partial charge < -0.3 is 9.53 Å². The molecule has 1 aliphatic rings. The molecule has 0 fully saturated rings. The Labute approximate surface area is 93.0 Å². The second-order valence-electron chi connectivity index (χ2n) is 3.47. The fraction of sp³-hybridized carbons (Fsp3) is 0.154. The van der Waals surface area contributed by atoms with Crippen LogP contribution < -0.4 is 0 Å². The summed E-state index contributed by atoms with van der Waals surface area (Å²) < 4.78 is 5.09. The molecule has 0 saturated heterocycles. The van der Waals surface area contributed by atoms with Gasteiger partial charge in [-0.2, -0.15) is 0 Å². The Kier molecular flexibility index (Phi) is 2.71. The van der Waals surface area contributed by atoms with E-state index >= 15 is 0 Å². The summed E-state index contributed by atoms with van der Waals surface area (Å²) in [4.78, 5) is 21.9. The Morgan fingerprint density at radius 3 is 2.75 bits per heavy atom. The molecular weight excluding hydrogens is 204 g/mol. The molecule has 1 unspecified atom stereocenters. The third-order valence-electron chi connectivity index (χ3n) is 2.66. The molecule has 1 aromatic carbocycles. The van der Waals surface area contributed by atoms with E-state index in [1.54, 1.807) is 12.0 Å². The first-order chi connectivity index (χ1) is 7.81. The van der Waals surface area contributed by atoms with E-state index in [0.717, 1.165) is 17.4 Å². The van der Waals surface area contributed by atoms with Crippen LogP contribution in [0.5, 0.6) is 0 Å². The number of hydrogen-bond acceptors (Lipinski definition) is 3. The Balaban J connectivity index is 2.68. The number of fused-ring (bicyclic) bond motifs is 1. The number of carbonyl (C=O) groups is 1. The van der Waals surface area contributed by atoms with Crippen molar-refractivity contribution in [2.45, 2.75) is 5.92 Å². The van der Waals surface area contributed by atoms with Crippen LogP contribution in [0.2, 0.25) is 0 Å². The second-order valence-corrected chi connectivity index (χ2v) is 3.47. The zero-order valence-electron chi connectivity index (χ0n) is 8.77. The highest BCUT2D eigenvalue weighted by Crippen LogP contribution is 2.35. The molecular formula is C13H10O3. The van der Waals surface area contributed by atoms with E-state index in [2.05, 4.69) is 0 Å². The highest BCUT2D eigenvalue weighted by molar-refractivity contribution is 5.85. The molecule has 0 aromatic heterocycles. The lowest BCUT2D eigenvalue weighted by molar-refractivity contribution is -0.108. The van der Waals surface area contributed by atoms with Crippen molar-refractivity contribution < 1.29 is 14.3 Å². The van der Waals surface area contributed by atoms with Crippen LogP contribution in [0, 0.1) is 0 Å². The number of hydrogen-bond donors (Lipinski definition) is 0. The maximum atomic E-state index is 11.1. The first kappa shape index (κ1) is 10.4.